The lowest BCUT2D eigenvalue weighted by molar-refractivity contribution is -0.139. The van der Waals surface area contributed by atoms with Crippen molar-refractivity contribution in [3.8, 4) is 5.82 Å². The number of likely N-dealkylation sites (N-methyl/N-ethyl adjacent to an activating group) is 1. The van der Waals surface area contributed by atoms with Crippen molar-refractivity contribution in [1.82, 2.24) is 24.6 Å². The van der Waals surface area contributed by atoms with Crippen LogP contribution < -0.4 is 5.32 Å². The molecule has 0 amide bonds. The first-order valence-corrected chi connectivity index (χ1v) is 8.54. The molecule has 25 heavy (non-hydrogen) atoms. The van der Waals surface area contributed by atoms with Crippen LogP contribution in [0.2, 0.25) is 0 Å². The van der Waals surface area contributed by atoms with Gasteiger partial charge in [-0.05, 0) is 39.3 Å². The van der Waals surface area contributed by atoms with Gasteiger partial charge in [0, 0.05) is 17.8 Å². The molecule has 1 aliphatic rings. The van der Waals surface area contributed by atoms with Crippen molar-refractivity contribution in [2.24, 2.45) is 0 Å². The summed E-state index contributed by atoms with van der Waals surface area (Å²) in [6.45, 7) is 6.77. The molecule has 0 aliphatic heterocycles. The summed E-state index contributed by atoms with van der Waals surface area (Å²) in [5, 5.41) is 16.8. The Bertz CT molecular complexity index is 753. The maximum Gasteiger partial charge on any atom is 0.317 e. The number of rotatable bonds is 7. The number of hydrogen-bond donors (Lipinski definition) is 2. The van der Waals surface area contributed by atoms with E-state index in [0.29, 0.717) is 11.9 Å². The quantitative estimate of drug-likeness (QED) is 0.788. The number of aromatic nitrogens is 4. The number of nitrogens with zero attached hydrogens (tertiary/aromatic N) is 5. The lowest BCUT2D eigenvalue weighted by Crippen LogP contribution is -2.51. The van der Waals surface area contributed by atoms with Crippen molar-refractivity contribution >= 4 is 11.8 Å². The zero-order valence-corrected chi connectivity index (χ0v) is 14.8. The monoisotopic (exact) mass is 344 g/mol. The van der Waals surface area contributed by atoms with Gasteiger partial charge in [0.15, 0.2) is 5.82 Å². The number of carboxylic acid groups (broad SMARTS) is 1. The third kappa shape index (κ3) is 3.96. The number of aryl methyl sites for hydroxylation is 2. The minimum absolute atomic E-state index is 0.0983. The van der Waals surface area contributed by atoms with E-state index >= 15 is 0 Å². The Balaban J connectivity index is 1.61. The van der Waals surface area contributed by atoms with Crippen LogP contribution in [0.4, 0.5) is 5.82 Å². The highest BCUT2D eigenvalue weighted by Gasteiger charge is 2.34. The number of carbonyl (C=O) groups is 1. The lowest BCUT2D eigenvalue weighted by atomic mass is 9.85. The van der Waals surface area contributed by atoms with Crippen molar-refractivity contribution in [3.05, 3.63) is 29.8 Å². The maximum atomic E-state index is 10.9. The van der Waals surface area contributed by atoms with E-state index in [0.717, 1.165) is 36.6 Å². The second kappa shape index (κ2) is 7.18. The second-order valence-corrected chi connectivity index (χ2v) is 6.52. The van der Waals surface area contributed by atoms with E-state index in [-0.39, 0.29) is 12.6 Å². The van der Waals surface area contributed by atoms with Crippen LogP contribution in [0.25, 0.3) is 5.82 Å². The van der Waals surface area contributed by atoms with Gasteiger partial charge in [-0.1, -0.05) is 6.92 Å². The summed E-state index contributed by atoms with van der Waals surface area (Å²) in [4.78, 5) is 21.8. The van der Waals surface area contributed by atoms with Gasteiger partial charge in [-0.25, -0.2) is 9.67 Å². The fraction of sp³-hybridized carbons (Fsp3) is 0.529. The Hall–Kier alpha value is -2.48. The third-order valence-electron chi connectivity index (χ3n) is 4.57. The molecular formula is C17H24N6O2. The molecule has 8 heteroatoms. The van der Waals surface area contributed by atoms with E-state index < -0.39 is 5.97 Å². The van der Waals surface area contributed by atoms with Gasteiger partial charge in [0.25, 0.3) is 0 Å². The molecule has 1 fully saturated rings. The fourth-order valence-corrected chi connectivity index (χ4v) is 3.27. The van der Waals surface area contributed by atoms with E-state index in [1.165, 1.54) is 0 Å². The number of nitrogens with one attached hydrogen (secondary N) is 1. The van der Waals surface area contributed by atoms with Gasteiger partial charge in [0.1, 0.15) is 5.82 Å². The molecule has 2 N–H and O–H groups in total. The molecular weight excluding hydrogens is 320 g/mol. The van der Waals surface area contributed by atoms with Crippen LogP contribution in [-0.2, 0) is 4.79 Å². The summed E-state index contributed by atoms with van der Waals surface area (Å²) in [5.41, 5.74) is 1.96. The van der Waals surface area contributed by atoms with Crippen molar-refractivity contribution in [2.75, 3.05) is 18.4 Å². The number of hydrogen-bond acceptors (Lipinski definition) is 6. The molecule has 134 valence electrons. The Morgan fingerprint density at radius 1 is 1.40 bits per heavy atom. The zero-order chi connectivity index (χ0) is 18.0. The van der Waals surface area contributed by atoms with E-state index in [2.05, 4.69) is 20.4 Å². The van der Waals surface area contributed by atoms with Gasteiger partial charge in [-0.3, -0.25) is 14.7 Å². The van der Waals surface area contributed by atoms with Gasteiger partial charge < -0.3 is 10.4 Å². The van der Waals surface area contributed by atoms with Crippen LogP contribution in [0.1, 0.15) is 31.2 Å². The highest BCUT2D eigenvalue weighted by Crippen LogP contribution is 2.28. The molecule has 0 bridgehead atoms. The van der Waals surface area contributed by atoms with Gasteiger partial charge in [-0.15, -0.1) is 0 Å². The summed E-state index contributed by atoms with van der Waals surface area (Å²) in [6.07, 6.45) is 5.22. The van der Waals surface area contributed by atoms with E-state index in [1.54, 1.807) is 17.1 Å². The van der Waals surface area contributed by atoms with Crippen molar-refractivity contribution in [1.29, 1.82) is 0 Å². The largest absolute Gasteiger partial charge is 0.480 e. The number of carboxylic acids is 1. The lowest BCUT2D eigenvalue weighted by Gasteiger charge is -2.42. The van der Waals surface area contributed by atoms with Crippen molar-refractivity contribution in [3.63, 3.8) is 0 Å². The van der Waals surface area contributed by atoms with Crippen LogP contribution in [-0.4, -0.2) is 60.9 Å². The second-order valence-electron chi connectivity index (χ2n) is 6.52. The van der Waals surface area contributed by atoms with E-state index in [4.69, 9.17) is 5.11 Å². The molecule has 0 atom stereocenters. The fourth-order valence-electron chi connectivity index (χ4n) is 3.27. The van der Waals surface area contributed by atoms with Crippen LogP contribution >= 0.6 is 0 Å². The van der Waals surface area contributed by atoms with Gasteiger partial charge in [0.2, 0.25) is 0 Å². The Kier molecular flexibility index (Phi) is 4.98. The van der Waals surface area contributed by atoms with Crippen LogP contribution in [0, 0.1) is 13.8 Å². The van der Waals surface area contributed by atoms with E-state index in [9.17, 15) is 4.79 Å². The Labute approximate surface area is 146 Å². The van der Waals surface area contributed by atoms with Crippen LogP contribution in [0.5, 0.6) is 0 Å². The molecule has 2 heterocycles. The standard InChI is InChI=1S/C17H24N6O2/c1-4-22(10-17(24)25)14-6-13(7-14)19-15-8-18-9-16(20-15)23-12(3)5-11(2)21-23/h5,8-9,13-14H,4,6-7,10H2,1-3H3,(H,19,20)(H,24,25). The molecule has 1 saturated carbocycles. The molecule has 1 aliphatic carbocycles. The number of aliphatic carboxylic acids is 1. The average Bonchev–Trinajstić information content (AvgIpc) is 2.87. The van der Waals surface area contributed by atoms with Crippen LogP contribution in [0.3, 0.4) is 0 Å². The molecule has 3 rings (SSSR count). The highest BCUT2D eigenvalue weighted by atomic mass is 16.4. The summed E-state index contributed by atoms with van der Waals surface area (Å²) in [5.74, 6) is 0.629. The topological polar surface area (TPSA) is 96.2 Å². The minimum Gasteiger partial charge on any atom is -0.480 e. The predicted molar refractivity (Wildman–Crippen MR) is 93.9 cm³/mol. The normalized spacial score (nSPS) is 19.7. The van der Waals surface area contributed by atoms with Gasteiger partial charge in [0.05, 0.1) is 24.6 Å². The molecule has 0 spiro atoms. The number of anilines is 1. The summed E-state index contributed by atoms with van der Waals surface area (Å²) >= 11 is 0. The molecule has 0 unspecified atom stereocenters. The first kappa shape index (κ1) is 17.3. The molecule has 0 aromatic carbocycles. The average molecular weight is 344 g/mol. The van der Waals surface area contributed by atoms with Gasteiger partial charge in [-0.2, -0.15) is 5.10 Å². The Morgan fingerprint density at radius 2 is 2.16 bits per heavy atom. The highest BCUT2D eigenvalue weighted by molar-refractivity contribution is 5.69. The predicted octanol–water partition coefficient (Wildman–Crippen LogP) is 1.63. The summed E-state index contributed by atoms with van der Waals surface area (Å²) < 4.78 is 1.78. The maximum absolute atomic E-state index is 10.9. The van der Waals surface area contributed by atoms with Crippen molar-refractivity contribution < 1.29 is 9.90 Å². The van der Waals surface area contributed by atoms with Gasteiger partial charge >= 0.3 is 5.97 Å². The third-order valence-corrected chi connectivity index (χ3v) is 4.57. The smallest absolute Gasteiger partial charge is 0.317 e. The molecule has 0 radical (unpaired) electrons. The molecule has 0 saturated heterocycles. The van der Waals surface area contributed by atoms with Crippen molar-refractivity contribution in [2.45, 2.75) is 45.7 Å². The Morgan fingerprint density at radius 3 is 2.76 bits per heavy atom. The first-order chi connectivity index (χ1) is 12.0. The van der Waals surface area contributed by atoms with Crippen LogP contribution in [0.15, 0.2) is 18.5 Å². The molecule has 8 nitrogen and oxygen atoms in total. The summed E-state index contributed by atoms with van der Waals surface area (Å²) in [6, 6.07) is 2.60. The minimum atomic E-state index is -0.776. The first-order valence-electron chi connectivity index (χ1n) is 8.54. The summed E-state index contributed by atoms with van der Waals surface area (Å²) in [7, 11) is 0. The SMILES string of the molecule is CCN(CC(=O)O)C1CC(Nc2cncc(-n3nc(C)cc3C)n2)C1. The molecule has 2 aromatic heterocycles. The zero-order valence-electron chi connectivity index (χ0n) is 14.8. The van der Waals surface area contributed by atoms with E-state index in [1.807, 2.05) is 31.7 Å². The molecule has 2 aromatic rings.